The quantitative estimate of drug-likeness (QED) is 0.737. The third-order valence-corrected chi connectivity index (χ3v) is 4.84. The Hall–Kier alpha value is -1.65. The van der Waals surface area contributed by atoms with E-state index in [-0.39, 0.29) is 0 Å². The minimum atomic E-state index is 0.426. The molecule has 2 aromatic heterocycles. The highest BCUT2D eigenvalue weighted by molar-refractivity contribution is 7.10. The third kappa shape index (κ3) is 3.01. The monoisotopic (exact) mass is 299 g/mol. The molecular formula is C17H21N3S. The molecule has 3 nitrogen and oxygen atoms in total. The molecule has 4 heteroatoms. The number of benzene rings is 1. The van der Waals surface area contributed by atoms with Gasteiger partial charge >= 0.3 is 0 Å². The highest BCUT2D eigenvalue weighted by Crippen LogP contribution is 2.24. The van der Waals surface area contributed by atoms with E-state index in [1.807, 2.05) is 17.4 Å². The van der Waals surface area contributed by atoms with Crippen molar-refractivity contribution in [2.75, 3.05) is 0 Å². The van der Waals surface area contributed by atoms with Crippen LogP contribution in [0.4, 0.5) is 0 Å². The van der Waals surface area contributed by atoms with Gasteiger partial charge in [-0.2, -0.15) is 0 Å². The van der Waals surface area contributed by atoms with Gasteiger partial charge in [-0.3, -0.25) is 0 Å². The lowest BCUT2D eigenvalue weighted by Gasteiger charge is -2.16. The molecular weight excluding hydrogens is 278 g/mol. The van der Waals surface area contributed by atoms with Crippen LogP contribution in [0.15, 0.2) is 41.8 Å². The van der Waals surface area contributed by atoms with Crippen LogP contribution in [-0.4, -0.2) is 9.55 Å². The van der Waals surface area contributed by atoms with Gasteiger partial charge in [0.05, 0.1) is 17.6 Å². The number of nitrogens with zero attached hydrogens (tertiary/aromatic N) is 2. The van der Waals surface area contributed by atoms with Crippen LogP contribution in [0.5, 0.6) is 0 Å². The Morgan fingerprint density at radius 1 is 1.24 bits per heavy atom. The lowest BCUT2D eigenvalue weighted by atomic mass is 10.1. The zero-order valence-corrected chi connectivity index (χ0v) is 13.4. The van der Waals surface area contributed by atoms with Crippen LogP contribution >= 0.6 is 11.3 Å². The minimum Gasteiger partial charge on any atom is -0.330 e. The molecule has 3 rings (SSSR count). The summed E-state index contributed by atoms with van der Waals surface area (Å²) in [6.45, 7) is 3.03. The number of rotatable bonds is 6. The number of para-hydroxylation sites is 2. The molecule has 1 N–H and O–H groups in total. The van der Waals surface area contributed by atoms with Crippen molar-refractivity contribution in [3.8, 4) is 0 Å². The topological polar surface area (TPSA) is 29.9 Å². The van der Waals surface area contributed by atoms with Crippen LogP contribution in [0.2, 0.25) is 0 Å². The van der Waals surface area contributed by atoms with Crippen molar-refractivity contribution in [1.82, 2.24) is 14.9 Å². The van der Waals surface area contributed by atoms with E-state index in [0.717, 1.165) is 24.3 Å². The van der Waals surface area contributed by atoms with Crippen LogP contribution < -0.4 is 5.32 Å². The maximum Gasteiger partial charge on any atom is 0.123 e. The van der Waals surface area contributed by atoms with Crippen molar-refractivity contribution in [3.05, 3.63) is 52.5 Å². The Morgan fingerprint density at radius 2 is 2.10 bits per heavy atom. The number of nitrogens with one attached hydrogen (secondary N) is 1. The molecule has 0 radical (unpaired) electrons. The molecule has 0 bridgehead atoms. The van der Waals surface area contributed by atoms with Crippen LogP contribution in [0.3, 0.4) is 0 Å². The smallest absolute Gasteiger partial charge is 0.123 e. The van der Waals surface area contributed by atoms with Crippen LogP contribution in [-0.2, 0) is 13.6 Å². The van der Waals surface area contributed by atoms with Gasteiger partial charge in [0, 0.05) is 18.0 Å². The predicted molar refractivity (Wildman–Crippen MR) is 89.5 cm³/mol. The Kier molecular flexibility index (Phi) is 4.36. The average molecular weight is 299 g/mol. The molecule has 1 unspecified atom stereocenters. The molecule has 0 amide bonds. The molecule has 0 aliphatic carbocycles. The Labute approximate surface area is 129 Å². The van der Waals surface area contributed by atoms with E-state index in [1.165, 1.54) is 16.8 Å². The summed E-state index contributed by atoms with van der Waals surface area (Å²) >= 11 is 1.83. The van der Waals surface area contributed by atoms with E-state index in [4.69, 9.17) is 4.98 Å². The van der Waals surface area contributed by atoms with Gasteiger partial charge in [-0.15, -0.1) is 11.3 Å². The van der Waals surface area contributed by atoms with E-state index in [9.17, 15) is 0 Å². The number of thiophene rings is 1. The first-order valence-corrected chi connectivity index (χ1v) is 8.34. The molecule has 0 saturated carbocycles. The molecule has 0 fully saturated rings. The number of hydrogen-bond donors (Lipinski definition) is 1. The molecule has 0 spiro atoms. The Morgan fingerprint density at radius 3 is 2.81 bits per heavy atom. The molecule has 0 saturated heterocycles. The van der Waals surface area contributed by atoms with Gasteiger partial charge in [0.15, 0.2) is 0 Å². The number of aryl methyl sites for hydroxylation is 1. The molecule has 3 aromatic rings. The molecule has 21 heavy (non-hydrogen) atoms. The minimum absolute atomic E-state index is 0.426. The molecule has 2 heterocycles. The first-order chi connectivity index (χ1) is 10.3. The second-order valence-corrected chi connectivity index (χ2v) is 6.29. The lowest BCUT2D eigenvalue weighted by molar-refractivity contribution is 0.487. The summed E-state index contributed by atoms with van der Waals surface area (Å²) < 4.78 is 2.18. The summed E-state index contributed by atoms with van der Waals surface area (Å²) in [5.41, 5.74) is 2.26. The normalized spacial score (nSPS) is 12.9. The maximum absolute atomic E-state index is 4.73. The van der Waals surface area contributed by atoms with Crippen molar-refractivity contribution < 1.29 is 0 Å². The summed E-state index contributed by atoms with van der Waals surface area (Å²) in [7, 11) is 2.09. The summed E-state index contributed by atoms with van der Waals surface area (Å²) in [4.78, 5) is 6.14. The lowest BCUT2D eigenvalue weighted by Crippen LogP contribution is -2.21. The van der Waals surface area contributed by atoms with Crippen molar-refractivity contribution in [2.24, 2.45) is 7.05 Å². The zero-order chi connectivity index (χ0) is 14.7. The average Bonchev–Trinajstić information content (AvgIpc) is 3.13. The SMILES string of the molecule is CCCC(NCc1nc2ccccc2n1C)c1cccs1. The summed E-state index contributed by atoms with van der Waals surface area (Å²) in [5.74, 6) is 1.09. The number of hydrogen-bond acceptors (Lipinski definition) is 3. The van der Waals surface area contributed by atoms with Gasteiger partial charge in [0.2, 0.25) is 0 Å². The van der Waals surface area contributed by atoms with Crippen LogP contribution in [0, 0.1) is 0 Å². The van der Waals surface area contributed by atoms with Crippen molar-refractivity contribution in [2.45, 2.75) is 32.4 Å². The molecule has 1 aromatic carbocycles. The fourth-order valence-corrected chi connectivity index (χ4v) is 3.53. The highest BCUT2D eigenvalue weighted by atomic mass is 32.1. The van der Waals surface area contributed by atoms with E-state index in [1.54, 1.807) is 0 Å². The van der Waals surface area contributed by atoms with Gasteiger partial charge in [-0.1, -0.05) is 31.5 Å². The van der Waals surface area contributed by atoms with Crippen LogP contribution in [0.25, 0.3) is 11.0 Å². The second kappa shape index (κ2) is 6.41. The van der Waals surface area contributed by atoms with Gasteiger partial charge in [-0.05, 0) is 30.0 Å². The van der Waals surface area contributed by atoms with E-state index in [0.29, 0.717) is 6.04 Å². The Balaban J connectivity index is 1.77. The fourth-order valence-electron chi connectivity index (χ4n) is 2.69. The van der Waals surface area contributed by atoms with Crippen molar-refractivity contribution in [1.29, 1.82) is 0 Å². The second-order valence-electron chi connectivity index (χ2n) is 5.31. The van der Waals surface area contributed by atoms with E-state index >= 15 is 0 Å². The molecule has 0 aliphatic rings. The first-order valence-electron chi connectivity index (χ1n) is 7.46. The molecule has 0 aliphatic heterocycles. The first kappa shape index (κ1) is 14.3. The fraction of sp³-hybridized carbons (Fsp3) is 0.353. The zero-order valence-electron chi connectivity index (χ0n) is 12.5. The third-order valence-electron chi connectivity index (χ3n) is 3.85. The highest BCUT2D eigenvalue weighted by Gasteiger charge is 2.13. The summed E-state index contributed by atoms with van der Waals surface area (Å²) in [6.07, 6.45) is 2.34. The van der Waals surface area contributed by atoms with Gasteiger partial charge < -0.3 is 9.88 Å². The maximum atomic E-state index is 4.73. The van der Waals surface area contributed by atoms with Crippen molar-refractivity contribution in [3.63, 3.8) is 0 Å². The van der Waals surface area contributed by atoms with E-state index < -0.39 is 0 Å². The molecule has 1 atom stereocenters. The Bertz CT molecular complexity index is 700. The summed E-state index contributed by atoms with van der Waals surface area (Å²) in [5, 5.41) is 5.82. The number of imidazole rings is 1. The van der Waals surface area contributed by atoms with Gasteiger partial charge in [0.25, 0.3) is 0 Å². The van der Waals surface area contributed by atoms with Gasteiger partial charge in [-0.25, -0.2) is 4.98 Å². The van der Waals surface area contributed by atoms with E-state index in [2.05, 4.69) is 59.6 Å². The van der Waals surface area contributed by atoms with Crippen LogP contribution in [0.1, 0.15) is 36.5 Å². The standard InChI is InChI=1S/C17H21N3S/c1-3-7-14(16-10-6-11-21-16)18-12-17-19-13-8-4-5-9-15(13)20(17)2/h4-6,8-11,14,18H,3,7,12H2,1-2H3. The van der Waals surface area contributed by atoms with Crippen molar-refractivity contribution >= 4 is 22.4 Å². The molecule has 110 valence electrons. The number of aromatic nitrogens is 2. The largest absolute Gasteiger partial charge is 0.330 e. The predicted octanol–water partition coefficient (Wildman–Crippen LogP) is 4.27. The van der Waals surface area contributed by atoms with Gasteiger partial charge in [0.1, 0.15) is 5.82 Å². The summed E-state index contributed by atoms with van der Waals surface area (Å²) in [6, 6.07) is 13.1. The number of fused-ring (bicyclic) bond motifs is 1.